The fourth-order valence-corrected chi connectivity index (χ4v) is 3.97. The third kappa shape index (κ3) is 11.4. The van der Waals surface area contributed by atoms with Gasteiger partial charge in [0.15, 0.2) is 0 Å². The predicted octanol–water partition coefficient (Wildman–Crippen LogP) is 4.13. The molecule has 196 valence electrons. The Morgan fingerprint density at radius 1 is 0.722 bits per heavy atom. The third-order valence-corrected chi connectivity index (χ3v) is 6.52. The zero-order valence-corrected chi connectivity index (χ0v) is 22.2. The molecule has 0 bridgehead atoms. The van der Waals surface area contributed by atoms with Crippen molar-refractivity contribution in [3.63, 3.8) is 0 Å². The van der Waals surface area contributed by atoms with Gasteiger partial charge < -0.3 is 31.1 Å². The van der Waals surface area contributed by atoms with Crippen LogP contribution >= 0.6 is 0 Å². The molecule has 0 aromatic heterocycles. The first kappa shape index (κ1) is 29.0. The first-order valence-electron chi connectivity index (χ1n) is 12.0. The van der Waals surface area contributed by atoms with Gasteiger partial charge in [-0.3, -0.25) is 0 Å². The van der Waals surface area contributed by atoms with Crippen LogP contribution in [0, 0.1) is 6.92 Å². The summed E-state index contributed by atoms with van der Waals surface area (Å²) in [5, 5.41) is 6.90. The molecule has 0 aliphatic rings. The van der Waals surface area contributed by atoms with Gasteiger partial charge in [0.25, 0.3) is 0 Å². The Hall–Kier alpha value is -3.27. The molecule has 6 N–H and O–H groups in total. The second-order valence-corrected chi connectivity index (χ2v) is 10.8. The van der Waals surface area contributed by atoms with E-state index in [4.69, 9.17) is 11.5 Å². The summed E-state index contributed by atoms with van der Waals surface area (Å²) < 4.78 is 32.2. The fraction of sp³-hybridized carbons (Fsp3) is 0.333. The lowest BCUT2D eigenvalue weighted by Crippen LogP contribution is -2.42. The maximum Gasteiger partial charge on any atom is 0.124 e. The molecular formula is C27H39N5O3S. The van der Waals surface area contributed by atoms with Crippen molar-refractivity contribution >= 4 is 32.9 Å². The van der Waals surface area contributed by atoms with Crippen molar-refractivity contribution in [2.45, 2.75) is 24.7 Å². The van der Waals surface area contributed by atoms with Gasteiger partial charge in [0.2, 0.25) is 0 Å². The molecule has 0 saturated carbocycles. The lowest BCUT2D eigenvalue weighted by Gasteiger charge is -2.30. The van der Waals surface area contributed by atoms with Gasteiger partial charge in [0, 0.05) is 48.7 Å². The Morgan fingerprint density at radius 2 is 1.11 bits per heavy atom. The van der Waals surface area contributed by atoms with Gasteiger partial charge in [-0.15, -0.1) is 0 Å². The highest BCUT2D eigenvalue weighted by Gasteiger charge is 2.13. The maximum absolute atomic E-state index is 10.4. The normalized spacial score (nSPS) is 11.3. The van der Waals surface area contributed by atoms with E-state index < -0.39 is 10.1 Å². The molecule has 0 radical (unpaired) electrons. The number of hydrogen-bond acceptors (Lipinski definition) is 7. The molecule has 0 spiro atoms. The summed E-state index contributed by atoms with van der Waals surface area (Å²) in [7, 11) is 0.327. The third-order valence-electron chi connectivity index (χ3n) is 5.67. The highest BCUT2D eigenvalue weighted by atomic mass is 32.2. The van der Waals surface area contributed by atoms with E-state index in [0.29, 0.717) is 0 Å². The molecule has 0 heterocycles. The van der Waals surface area contributed by atoms with Crippen LogP contribution in [0.5, 0.6) is 0 Å². The molecule has 9 heteroatoms. The number of rotatable bonds is 11. The monoisotopic (exact) mass is 513 g/mol. The molecule has 0 aliphatic carbocycles. The summed E-state index contributed by atoms with van der Waals surface area (Å²) in [6.45, 7) is 6.10. The molecular weight excluding hydrogens is 474 g/mol. The van der Waals surface area contributed by atoms with Crippen molar-refractivity contribution in [1.29, 1.82) is 0 Å². The van der Waals surface area contributed by atoms with E-state index in [1.165, 1.54) is 12.1 Å². The Bertz CT molecular complexity index is 1090. The minimum atomic E-state index is -4.27. The van der Waals surface area contributed by atoms with Crippen LogP contribution in [0.2, 0.25) is 0 Å². The van der Waals surface area contributed by atoms with Gasteiger partial charge in [-0.05, 0) is 67.6 Å². The first-order valence-corrected chi connectivity index (χ1v) is 13.4. The maximum atomic E-state index is 10.4. The lowest BCUT2D eigenvalue weighted by atomic mass is 10.2. The van der Waals surface area contributed by atoms with Crippen molar-refractivity contribution in [3.05, 3.63) is 78.4 Å². The molecule has 0 amide bonds. The molecule has 3 rings (SSSR count). The first-order chi connectivity index (χ1) is 16.9. The largest absolute Gasteiger partial charge is 0.744 e. The SMILES string of the molecule is C[N+](C)(CCCNc1ccc(N)cc1)CCCNc1ccc(N)cc1.Cc1ccc(S(=O)(=O)[O-])cc1. The van der Waals surface area contributed by atoms with Crippen molar-refractivity contribution in [2.75, 3.05) is 62.4 Å². The minimum absolute atomic E-state index is 0.178. The van der Waals surface area contributed by atoms with Crippen molar-refractivity contribution in [1.82, 2.24) is 0 Å². The quantitative estimate of drug-likeness (QED) is 0.131. The summed E-state index contributed by atoms with van der Waals surface area (Å²) in [6.07, 6.45) is 2.28. The van der Waals surface area contributed by atoms with E-state index in [1.807, 2.05) is 55.5 Å². The average molecular weight is 514 g/mol. The fourth-order valence-electron chi connectivity index (χ4n) is 3.50. The van der Waals surface area contributed by atoms with E-state index in [-0.39, 0.29) is 4.90 Å². The number of quaternary nitrogens is 1. The number of anilines is 4. The summed E-state index contributed by atoms with van der Waals surface area (Å²) >= 11 is 0. The molecule has 0 unspecified atom stereocenters. The van der Waals surface area contributed by atoms with Crippen LogP contribution in [0.15, 0.2) is 77.7 Å². The van der Waals surface area contributed by atoms with Crippen LogP contribution in [0.4, 0.5) is 22.7 Å². The van der Waals surface area contributed by atoms with Gasteiger partial charge in [-0.25, -0.2) is 8.42 Å². The molecule has 36 heavy (non-hydrogen) atoms. The Morgan fingerprint density at radius 3 is 1.47 bits per heavy atom. The second kappa shape index (κ2) is 13.7. The molecule has 3 aromatic rings. The minimum Gasteiger partial charge on any atom is -0.744 e. The van der Waals surface area contributed by atoms with Gasteiger partial charge in [0.05, 0.1) is 32.1 Å². The molecule has 3 aromatic carbocycles. The van der Waals surface area contributed by atoms with Crippen LogP contribution in [0.1, 0.15) is 18.4 Å². The number of nitrogens with zero attached hydrogens (tertiary/aromatic N) is 1. The van der Waals surface area contributed by atoms with E-state index in [9.17, 15) is 13.0 Å². The van der Waals surface area contributed by atoms with E-state index in [0.717, 1.165) is 71.8 Å². The molecule has 0 saturated heterocycles. The summed E-state index contributed by atoms with van der Waals surface area (Å²) in [6, 6.07) is 21.6. The summed E-state index contributed by atoms with van der Waals surface area (Å²) in [5.74, 6) is 0. The van der Waals surface area contributed by atoms with Crippen LogP contribution in [0.3, 0.4) is 0 Å². The number of benzene rings is 3. The lowest BCUT2D eigenvalue weighted by molar-refractivity contribution is -0.890. The van der Waals surface area contributed by atoms with Crippen molar-refractivity contribution < 1.29 is 17.5 Å². The average Bonchev–Trinajstić information content (AvgIpc) is 2.82. The zero-order valence-electron chi connectivity index (χ0n) is 21.4. The van der Waals surface area contributed by atoms with Crippen LogP contribution in [0.25, 0.3) is 0 Å². The number of aryl methyl sites for hydroxylation is 1. The molecule has 0 fully saturated rings. The Kier molecular flexibility index (Phi) is 11.0. The highest BCUT2D eigenvalue weighted by molar-refractivity contribution is 7.85. The Labute approximate surface area is 215 Å². The second-order valence-electron chi connectivity index (χ2n) is 9.45. The van der Waals surface area contributed by atoms with Crippen LogP contribution < -0.4 is 22.1 Å². The Balaban J connectivity index is 0.000000346. The summed E-state index contributed by atoms with van der Waals surface area (Å²) in [4.78, 5) is -0.178. The van der Waals surface area contributed by atoms with Crippen LogP contribution in [-0.4, -0.2) is 57.7 Å². The van der Waals surface area contributed by atoms with Gasteiger partial charge in [0.1, 0.15) is 10.1 Å². The van der Waals surface area contributed by atoms with Crippen molar-refractivity contribution in [3.8, 4) is 0 Å². The molecule has 0 atom stereocenters. The van der Waals surface area contributed by atoms with Gasteiger partial charge >= 0.3 is 0 Å². The number of nitrogens with one attached hydrogen (secondary N) is 2. The number of nitrogens with two attached hydrogens (primary N) is 2. The zero-order chi connectivity index (χ0) is 26.6. The smallest absolute Gasteiger partial charge is 0.124 e. The van der Waals surface area contributed by atoms with E-state index in [1.54, 1.807) is 12.1 Å². The van der Waals surface area contributed by atoms with E-state index in [2.05, 4.69) is 24.7 Å². The van der Waals surface area contributed by atoms with E-state index >= 15 is 0 Å². The predicted molar refractivity (Wildman–Crippen MR) is 149 cm³/mol. The van der Waals surface area contributed by atoms with Gasteiger partial charge in [-0.1, -0.05) is 17.7 Å². The molecule has 8 nitrogen and oxygen atoms in total. The molecule has 0 aliphatic heterocycles. The highest BCUT2D eigenvalue weighted by Crippen LogP contribution is 2.12. The van der Waals surface area contributed by atoms with Crippen molar-refractivity contribution in [2.24, 2.45) is 0 Å². The number of nitrogen functional groups attached to an aromatic ring is 2. The van der Waals surface area contributed by atoms with Crippen LogP contribution in [-0.2, 0) is 10.1 Å². The standard InChI is InChI=1S/C20H32N5.C7H8O3S/c1-25(2,15-3-13-23-19-9-5-17(21)6-10-19)16-4-14-24-20-11-7-18(22)8-12-20;1-6-2-4-7(5-3-6)11(8,9)10/h5-12,23-24H,3-4,13-16,21-22H2,1-2H3;2-5H,1H3,(H,8,9,10)/q+1;/p-1. The van der Waals surface area contributed by atoms with Gasteiger partial charge in [-0.2, -0.15) is 0 Å². The summed E-state index contributed by atoms with van der Waals surface area (Å²) in [5.41, 5.74) is 16.2. The number of hydrogen-bond donors (Lipinski definition) is 4. The topological polar surface area (TPSA) is 133 Å².